The zero-order valence-electron chi connectivity index (χ0n) is 38.5. The number of hydrogen-bond donors (Lipinski definition) is 1. The molecule has 15 heteroatoms. The molecule has 0 saturated carbocycles. The topological polar surface area (TPSA) is 131 Å². The molecule has 1 saturated heterocycles. The lowest BCUT2D eigenvalue weighted by Gasteiger charge is -2.32. The van der Waals surface area contributed by atoms with Gasteiger partial charge < -0.3 is 53.3 Å². The Kier molecular flexibility index (Phi) is 15.3. The van der Waals surface area contributed by atoms with E-state index in [1.807, 2.05) is 61.5 Å². The Morgan fingerprint density at radius 2 is 1.20 bits per heavy atom. The normalized spacial score (nSPS) is 13.3. The maximum Gasteiger partial charge on any atom is 0.157 e. The van der Waals surface area contributed by atoms with Gasteiger partial charge in [0.05, 0.1) is 65.3 Å². The Balaban J connectivity index is 1.42. The molecule has 7 rings (SSSR count). The number of anilines is 2. The van der Waals surface area contributed by atoms with Crippen LogP contribution in [0.4, 0.5) is 11.5 Å². The number of likely N-dealkylation sites (N-methyl/N-ethyl adjacent to an activating group) is 1. The number of aryl methyl sites for hydroxylation is 1. The first-order valence-corrected chi connectivity index (χ1v) is 22.2. The second-order valence-electron chi connectivity index (χ2n) is 15.7. The van der Waals surface area contributed by atoms with E-state index in [4.69, 9.17) is 48.9 Å². The number of aromatic nitrogens is 3. The fraction of sp³-hybridized carbons (Fsp3) is 0.388. The minimum atomic E-state index is 0.277. The first-order valence-electron chi connectivity index (χ1n) is 21.4. The molecule has 2 aromatic heterocycles. The molecule has 4 aromatic carbocycles. The van der Waals surface area contributed by atoms with Crippen LogP contribution >= 0.6 is 11.8 Å². The van der Waals surface area contributed by atoms with Gasteiger partial charge in [-0.15, -0.1) is 0 Å². The molecule has 1 aliphatic rings. The second-order valence-corrected chi connectivity index (χ2v) is 16.8. The standard InChI is InChI=1S/C49H61N7O7S/c1-10-63-31-45-52-46-47(56(45)30-36-13-17-39(59-6)25-44(36)62-9)48(64-40-18-14-33(41(50)26-40)27-54-21-19-53(3)20-22-54)32(2)51-49(46)55(28-34-11-15-37(57-4)23-42(34)60-7)29-35-12-16-38(58-5)24-43(35)61-8/h11-18,23-26H,10,19-22,27-31,50H2,1-9H3. The second kappa shape index (κ2) is 21.2. The predicted octanol–water partition coefficient (Wildman–Crippen LogP) is 8.06. The van der Waals surface area contributed by atoms with Crippen LogP contribution in [0.25, 0.3) is 11.0 Å². The van der Waals surface area contributed by atoms with Crippen LogP contribution in [0.15, 0.2) is 82.6 Å². The van der Waals surface area contributed by atoms with Gasteiger partial charge >= 0.3 is 0 Å². The molecule has 1 fully saturated rings. The molecule has 0 radical (unpaired) electrons. The number of methoxy groups -OCH3 is 6. The van der Waals surface area contributed by atoms with Crippen molar-refractivity contribution in [2.24, 2.45) is 0 Å². The SMILES string of the molecule is CCOCc1nc2c(N(Cc3ccc(OC)cc3OC)Cc3ccc(OC)cc3OC)nc(C)c(Sc3ccc(CN4CCN(C)CC4)c(N)c3)c2n1Cc1ccc(OC)cc1OC. The molecular formula is C49H61N7O7S. The third-order valence-corrected chi connectivity index (χ3v) is 12.9. The third kappa shape index (κ3) is 10.4. The lowest BCUT2D eigenvalue weighted by atomic mass is 10.1. The summed E-state index contributed by atoms with van der Waals surface area (Å²) in [6, 6.07) is 24.0. The summed E-state index contributed by atoms with van der Waals surface area (Å²) in [7, 11) is 12.1. The minimum absolute atomic E-state index is 0.277. The fourth-order valence-electron chi connectivity index (χ4n) is 8.02. The maximum atomic E-state index is 6.84. The van der Waals surface area contributed by atoms with Crippen LogP contribution in [-0.2, 0) is 37.5 Å². The number of hydrogen-bond acceptors (Lipinski definition) is 14. The van der Waals surface area contributed by atoms with Gasteiger partial charge in [-0.2, -0.15) is 0 Å². The molecule has 3 heterocycles. The molecule has 0 unspecified atom stereocenters. The van der Waals surface area contributed by atoms with E-state index in [0.29, 0.717) is 66.6 Å². The molecule has 64 heavy (non-hydrogen) atoms. The van der Waals surface area contributed by atoms with Crippen molar-refractivity contribution in [3.05, 3.63) is 107 Å². The average Bonchev–Trinajstić information content (AvgIpc) is 3.67. The summed E-state index contributed by atoms with van der Waals surface area (Å²) in [5.41, 5.74) is 14.0. The summed E-state index contributed by atoms with van der Waals surface area (Å²) >= 11 is 1.64. The quantitative estimate of drug-likeness (QED) is 0.0742. The number of nitrogens with zero attached hydrogens (tertiary/aromatic N) is 6. The van der Waals surface area contributed by atoms with E-state index in [1.165, 1.54) is 0 Å². The van der Waals surface area contributed by atoms with Crippen molar-refractivity contribution in [3.63, 3.8) is 0 Å². The van der Waals surface area contributed by atoms with Gasteiger partial charge in [-0.25, -0.2) is 9.97 Å². The van der Waals surface area contributed by atoms with Crippen molar-refractivity contribution in [2.75, 3.05) is 93.1 Å². The van der Waals surface area contributed by atoms with Gasteiger partial charge in [0.1, 0.15) is 52.4 Å². The highest BCUT2D eigenvalue weighted by atomic mass is 32.2. The highest BCUT2D eigenvalue weighted by Crippen LogP contribution is 2.43. The number of piperazine rings is 1. The summed E-state index contributed by atoms with van der Waals surface area (Å²) in [5.74, 6) is 5.61. The van der Waals surface area contributed by atoms with Crippen LogP contribution in [0.5, 0.6) is 34.5 Å². The monoisotopic (exact) mass is 891 g/mol. The van der Waals surface area contributed by atoms with Gasteiger partial charge in [0.25, 0.3) is 0 Å². The Morgan fingerprint density at radius 3 is 1.73 bits per heavy atom. The lowest BCUT2D eigenvalue weighted by Crippen LogP contribution is -2.43. The molecule has 14 nitrogen and oxygen atoms in total. The summed E-state index contributed by atoms with van der Waals surface area (Å²) < 4.78 is 42.9. The van der Waals surface area contributed by atoms with E-state index in [-0.39, 0.29) is 6.61 Å². The Bertz CT molecular complexity index is 2490. The number of benzene rings is 4. The van der Waals surface area contributed by atoms with Gasteiger partial charge in [-0.3, -0.25) is 4.90 Å². The van der Waals surface area contributed by atoms with Gasteiger partial charge in [0, 0.05) is 97.9 Å². The number of fused-ring (bicyclic) bond motifs is 1. The number of pyridine rings is 1. The molecule has 0 spiro atoms. The minimum Gasteiger partial charge on any atom is -0.497 e. The zero-order chi connectivity index (χ0) is 45.3. The molecule has 1 aliphatic heterocycles. The van der Waals surface area contributed by atoms with Crippen LogP contribution in [-0.4, -0.2) is 107 Å². The van der Waals surface area contributed by atoms with E-state index in [2.05, 4.69) is 51.4 Å². The van der Waals surface area contributed by atoms with Gasteiger partial charge in [-0.05, 0) is 75.0 Å². The van der Waals surface area contributed by atoms with Crippen molar-refractivity contribution in [2.45, 2.75) is 56.4 Å². The number of ether oxygens (including phenoxy) is 7. The summed E-state index contributed by atoms with van der Waals surface area (Å²) in [6.45, 7) is 11.1. The summed E-state index contributed by atoms with van der Waals surface area (Å²) in [4.78, 5) is 19.9. The van der Waals surface area contributed by atoms with Crippen LogP contribution < -0.4 is 39.1 Å². The highest BCUT2D eigenvalue weighted by molar-refractivity contribution is 7.99. The van der Waals surface area contributed by atoms with Crippen LogP contribution in [0.1, 0.15) is 40.7 Å². The van der Waals surface area contributed by atoms with E-state index in [1.54, 1.807) is 54.4 Å². The van der Waals surface area contributed by atoms with Gasteiger partial charge in [-0.1, -0.05) is 17.8 Å². The first-order chi connectivity index (χ1) is 31.1. The maximum absolute atomic E-state index is 6.84. The van der Waals surface area contributed by atoms with Crippen LogP contribution in [0.2, 0.25) is 0 Å². The fourth-order valence-corrected chi connectivity index (χ4v) is 9.07. The number of imidazole rings is 1. The van der Waals surface area contributed by atoms with Crippen molar-refractivity contribution < 1.29 is 33.2 Å². The molecule has 6 aromatic rings. The van der Waals surface area contributed by atoms with E-state index >= 15 is 0 Å². The molecule has 2 N–H and O–H groups in total. The van der Waals surface area contributed by atoms with E-state index in [9.17, 15) is 0 Å². The summed E-state index contributed by atoms with van der Waals surface area (Å²) in [5, 5.41) is 0. The van der Waals surface area contributed by atoms with Crippen molar-refractivity contribution in [3.8, 4) is 34.5 Å². The highest BCUT2D eigenvalue weighted by Gasteiger charge is 2.27. The molecule has 340 valence electrons. The average molecular weight is 892 g/mol. The van der Waals surface area contributed by atoms with E-state index in [0.717, 1.165) is 93.0 Å². The molecule has 0 aliphatic carbocycles. The molecule has 0 atom stereocenters. The van der Waals surface area contributed by atoms with Gasteiger partial charge in [0.15, 0.2) is 5.82 Å². The molecule has 0 bridgehead atoms. The molecule has 0 amide bonds. The van der Waals surface area contributed by atoms with Crippen molar-refractivity contribution in [1.29, 1.82) is 0 Å². The Labute approximate surface area is 381 Å². The number of nitrogens with two attached hydrogens (primary N) is 1. The van der Waals surface area contributed by atoms with Crippen LogP contribution in [0, 0.1) is 6.92 Å². The third-order valence-electron chi connectivity index (χ3n) is 11.7. The van der Waals surface area contributed by atoms with Gasteiger partial charge in [0.2, 0.25) is 0 Å². The Hall–Kier alpha value is -5.87. The van der Waals surface area contributed by atoms with Crippen LogP contribution in [0.3, 0.4) is 0 Å². The zero-order valence-corrected chi connectivity index (χ0v) is 39.3. The number of nitrogen functional groups attached to an aromatic ring is 1. The summed E-state index contributed by atoms with van der Waals surface area (Å²) in [6.07, 6.45) is 0. The first kappa shape index (κ1) is 46.1. The predicted molar refractivity (Wildman–Crippen MR) is 253 cm³/mol. The lowest BCUT2D eigenvalue weighted by molar-refractivity contribution is 0.126. The van der Waals surface area contributed by atoms with Crippen molar-refractivity contribution in [1.82, 2.24) is 24.3 Å². The largest absolute Gasteiger partial charge is 0.497 e. The molecular weight excluding hydrogens is 831 g/mol. The Morgan fingerprint density at radius 1 is 0.656 bits per heavy atom. The van der Waals surface area contributed by atoms with E-state index < -0.39 is 0 Å². The smallest absolute Gasteiger partial charge is 0.157 e. The van der Waals surface area contributed by atoms with Crippen molar-refractivity contribution >= 4 is 34.3 Å². The number of rotatable bonds is 20.